The van der Waals surface area contributed by atoms with Crippen LogP contribution in [0.3, 0.4) is 0 Å². The van der Waals surface area contributed by atoms with Crippen LogP contribution in [0.5, 0.6) is 0 Å². The first-order chi connectivity index (χ1) is 10.1. The largest absolute Gasteiger partial charge is 0.480 e. The highest BCUT2D eigenvalue weighted by Crippen LogP contribution is 2.33. The van der Waals surface area contributed by atoms with Crippen LogP contribution in [0.25, 0.3) is 0 Å². The van der Waals surface area contributed by atoms with Gasteiger partial charge in [-0.3, -0.25) is 4.79 Å². The zero-order valence-corrected chi connectivity index (χ0v) is 12.5. The van der Waals surface area contributed by atoms with E-state index >= 15 is 0 Å². The molecule has 1 heterocycles. The van der Waals surface area contributed by atoms with E-state index in [4.69, 9.17) is 0 Å². The van der Waals surface area contributed by atoms with Crippen molar-refractivity contribution in [2.45, 2.75) is 45.2 Å². The van der Waals surface area contributed by atoms with Crippen LogP contribution in [-0.4, -0.2) is 35.6 Å². The Morgan fingerprint density at radius 1 is 1.43 bits per heavy atom. The van der Waals surface area contributed by atoms with Crippen LogP contribution in [0, 0.1) is 0 Å². The highest BCUT2D eigenvalue weighted by molar-refractivity contribution is 5.90. The predicted molar refractivity (Wildman–Crippen MR) is 81.4 cm³/mol. The van der Waals surface area contributed by atoms with Gasteiger partial charge in [-0.1, -0.05) is 31.5 Å². The highest BCUT2D eigenvalue weighted by atomic mass is 16.4. The molecule has 1 aliphatic heterocycles. The number of carboxylic acid groups (broad SMARTS) is 1. The second-order valence-corrected chi connectivity index (χ2v) is 5.41. The van der Waals surface area contributed by atoms with Crippen molar-refractivity contribution in [3.05, 3.63) is 29.8 Å². The number of benzene rings is 1. The fourth-order valence-corrected chi connectivity index (χ4v) is 2.76. The molecule has 0 saturated carbocycles. The number of nitrogens with zero attached hydrogens (tertiary/aromatic N) is 1. The molecule has 1 aromatic rings. The van der Waals surface area contributed by atoms with Gasteiger partial charge in [0, 0.05) is 18.7 Å². The highest BCUT2D eigenvalue weighted by Gasteiger charge is 2.39. The average Bonchev–Trinajstić information content (AvgIpc) is 2.86. The van der Waals surface area contributed by atoms with Crippen molar-refractivity contribution >= 4 is 17.6 Å². The van der Waals surface area contributed by atoms with Gasteiger partial charge in [-0.25, -0.2) is 4.79 Å². The lowest BCUT2D eigenvalue weighted by Crippen LogP contribution is -2.51. The number of carboxylic acids is 1. The van der Waals surface area contributed by atoms with Gasteiger partial charge in [-0.2, -0.15) is 0 Å². The number of fused-ring (bicyclic) bond motifs is 1. The van der Waals surface area contributed by atoms with Crippen LogP contribution >= 0.6 is 0 Å². The normalized spacial score (nSPS) is 18.2. The van der Waals surface area contributed by atoms with E-state index in [2.05, 4.69) is 12.2 Å². The Morgan fingerprint density at radius 2 is 2.14 bits per heavy atom. The van der Waals surface area contributed by atoms with Crippen molar-refractivity contribution in [1.82, 2.24) is 5.32 Å². The number of hydrogen-bond donors (Lipinski definition) is 2. The molecule has 1 amide bonds. The maximum absolute atomic E-state index is 12.2. The lowest BCUT2D eigenvalue weighted by molar-refractivity contribution is -0.138. The molecule has 0 spiro atoms. The van der Waals surface area contributed by atoms with E-state index in [1.54, 1.807) is 11.8 Å². The van der Waals surface area contributed by atoms with Crippen molar-refractivity contribution in [3.8, 4) is 0 Å². The molecule has 0 fully saturated rings. The summed E-state index contributed by atoms with van der Waals surface area (Å²) in [5.41, 5.74) is 1.83. The molecule has 5 nitrogen and oxygen atoms in total. The number of amides is 1. The van der Waals surface area contributed by atoms with Crippen LogP contribution in [0.4, 0.5) is 5.69 Å². The van der Waals surface area contributed by atoms with Crippen molar-refractivity contribution in [2.24, 2.45) is 0 Å². The fourth-order valence-electron chi connectivity index (χ4n) is 2.76. The van der Waals surface area contributed by atoms with Gasteiger partial charge < -0.3 is 15.3 Å². The van der Waals surface area contributed by atoms with Crippen molar-refractivity contribution < 1.29 is 14.7 Å². The summed E-state index contributed by atoms with van der Waals surface area (Å²) in [5, 5.41) is 12.3. The van der Waals surface area contributed by atoms with Crippen molar-refractivity contribution in [1.29, 1.82) is 0 Å². The predicted octanol–water partition coefficient (Wildman–Crippen LogP) is 1.81. The molecule has 21 heavy (non-hydrogen) atoms. The molecule has 5 heteroatoms. The van der Waals surface area contributed by atoms with E-state index < -0.39 is 18.1 Å². The Morgan fingerprint density at radius 3 is 2.81 bits per heavy atom. The maximum atomic E-state index is 12.2. The molecule has 0 bridgehead atoms. The molecule has 0 saturated heterocycles. The van der Waals surface area contributed by atoms with Gasteiger partial charge in [-0.05, 0) is 25.0 Å². The van der Waals surface area contributed by atoms with Crippen LogP contribution in [0.1, 0.15) is 32.3 Å². The van der Waals surface area contributed by atoms with Crippen molar-refractivity contribution in [3.63, 3.8) is 0 Å². The van der Waals surface area contributed by atoms with Crippen LogP contribution in [0.2, 0.25) is 0 Å². The SMILES string of the molecule is CCCCNC(=O)C(C)N1c2ccccc2CC1C(=O)O. The average molecular weight is 290 g/mol. The van der Waals surface area contributed by atoms with Gasteiger partial charge in [0.15, 0.2) is 0 Å². The number of anilines is 1. The summed E-state index contributed by atoms with van der Waals surface area (Å²) in [6.45, 7) is 4.46. The smallest absolute Gasteiger partial charge is 0.326 e. The minimum Gasteiger partial charge on any atom is -0.480 e. The number of rotatable bonds is 6. The quantitative estimate of drug-likeness (QED) is 0.784. The standard InChI is InChI=1S/C16H22N2O3/c1-3-4-9-17-15(19)11(2)18-13-8-6-5-7-12(13)10-14(18)16(20)21/h5-8,11,14H,3-4,9-10H2,1-2H3,(H,17,19)(H,20,21). The third-order valence-corrected chi connectivity index (χ3v) is 3.93. The first-order valence-corrected chi connectivity index (χ1v) is 7.43. The number of aliphatic carboxylic acids is 1. The summed E-state index contributed by atoms with van der Waals surface area (Å²) in [6, 6.07) is 6.41. The van der Waals surface area contributed by atoms with E-state index in [1.165, 1.54) is 0 Å². The molecule has 0 aromatic heterocycles. The zero-order valence-electron chi connectivity index (χ0n) is 12.5. The van der Waals surface area contributed by atoms with Gasteiger partial charge in [0.1, 0.15) is 12.1 Å². The number of carbonyl (C=O) groups excluding carboxylic acids is 1. The Labute approximate surface area is 125 Å². The molecule has 0 radical (unpaired) electrons. The molecular weight excluding hydrogens is 268 g/mol. The fraction of sp³-hybridized carbons (Fsp3) is 0.500. The van der Waals surface area contributed by atoms with Gasteiger partial charge >= 0.3 is 5.97 Å². The summed E-state index contributed by atoms with van der Waals surface area (Å²) < 4.78 is 0. The third kappa shape index (κ3) is 3.17. The minimum atomic E-state index is -0.889. The Balaban J connectivity index is 2.18. The molecule has 0 aliphatic carbocycles. The Bertz CT molecular complexity index is 530. The summed E-state index contributed by atoms with van der Waals surface area (Å²) in [7, 11) is 0. The Hall–Kier alpha value is -2.04. The zero-order chi connectivity index (χ0) is 15.4. The second-order valence-electron chi connectivity index (χ2n) is 5.41. The molecule has 2 N–H and O–H groups in total. The topological polar surface area (TPSA) is 69.6 Å². The molecule has 2 rings (SSSR count). The molecule has 114 valence electrons. The van der Waals surface area contributed by atoms with Gasteiger partial charge in [0.2, 0.25) is 5.91 Å². The number of hydrogen-bond acceptors (Lipinski definition) is 3. The molecule has 2 atom stereocenters. The number of carbonyl (C=O) groups is 2. The summed E-state index contributed by atoms with van der Waals surface area (Å²) in [6.07, 6.45) is 2.38. The second kappa shape index (κ2) is 6.61. The van der Waals surface area contributed by atoms with Gasteiger partial charge in [-0.15, -0.1) is 0 Å². The first-order valence-electron chi connectivity index (χ1n) is 7.43. The van der Waals surface area contributed by atoms with E-state index in [9.17, 15) is 14.7 Å². The Kier molecular flexibility index (Phi) is 4.83. The number of para-hydroxylation sites is 1. The van der Waals surface area contributed by atoms with Crippen LogP contribution < -0.4 is 10.2 Å². The van der Waals surface area contributed by atoms with Gasteiger partial charge in [0.05, 0.1) is 0 Å². The van der Waals surface area contributed by atoms with Gasteiger partial charge in [0.25, 0.3) is 0 Å². The van der Waals surface area contributed by atoms with E-state index in [1.807, 2.05) is 24.3 Å². The number of unbranched alkanes of at least 4 members (excludes halogenated alkanes) is 1. The molecule has 1 aliphatic rings. The van der Waals surface area contributed by atoms with E-state index in [0.29, 0.717) is 13.0 Å². The molecule has 1 aromatic carbocycles. The number of nitrogens with one attached hydrogen (secondary N) is 1. The minimum absolute atomic E-state index is 0.119. The monoisotopic (exact) mass is 290 g/mol. The molecule has 2 unspecified atom stereocenters. The molecular formula is C16H22N2O3. The van der Waals surface area contributed by atoms with E-state index in [0.717, 1.165) is 24.1 Å². The lowest BCUT2D eigenvalue weighted by atomic mass is 10.1. The third-order valence-electron chi connectivity index (χ3n) is 3.93. The van der Waals surface area contributed by atoms with E-state index in [-0.39, 0.29) is 5.91 Å². The maximum Gasteiger partial charge on any atom is 0.326 e. The summed E-state index contributed by atoms with van der Waals surface area (Å²) >= 11 is 0. The van der Waals surface area contributed by atoms with Crippen LogP contribution in [0.15, 0.2) is 24.3 Å². The summed E-state index contributed by atoms with van der Waals surface area (Å²) in [4.78, 5) is 25.5. The van der Waals surface area contributed by atoms with Crippen molar-refractivity contribution in [2.75, 3.05) is 11.4 Å². The first kappa shape index (κ1) is 15.4. The van der Waals surface area contributed by atoms with Crippen LogP contribution in [-0.2, 0) is 16.0 Å². The summed E-state index contributed by atoms with van der Waals surface area (Å²) in [5.74, 6) is -1.01. The lowest BCUT2D eigenvalue weighted by Gasteiger charge is -2.30.